The van der Waals surface area contributed by atoms with Crippen LogP contribution in [0, 0.1) is 6.92 Å². The molecule has 8 heteroatoms. The quantitative estimate of drug-likeness (QED) is 0.845. The van der Waals surface area contributed by atoms with Gasteiger partial charge in [0.1, 0.15) is 0 Å². The molecule has 0 aliphatic rings. The van der Waals surface area contributed by atoms with Gasteiger partial charge in [-0.1, -0.05) is 17.2 Å². The molecule has 0 unspecified atom stereocenters. The number of anilines is 1. The Morgan fingerprint density at radius 1 is 1.21 bits per heavy atom. The molecule has 0 atom stereocenters. The highest BCUT2D eigenvalue weighted by molar-refractivity contribution is 7.92. The number of aryl methyl sites for hydroxylation is 1. The lowest BCUT2D eigenvalue weighted by Gasteiger charge is -2.05. The fourth-order valence-electron chi connectivity index (χ4n) is 1.50. The molecular weight excluding hydrogens is 268 g/mol. The first-order chi connectivity index (χ1) is 9.01. The van der Waals surface area contributed by atoms with Gasteiger partial charge in [-0.2, -0.15) is 0 Å². The van der Waals surface area contributed by atoms with E-state index in [1.54, 1.807) is 19.1 Å². The van der Waals surface area contributed by atoms with Gasteiger partial charge in [-0.3, -0.25) is 0 Å². The predicted molar refractivity (Wildman–Crippen MR) is 69.0 cm³/mol. The van der Waals surface area contributed by atoms with Crippen molar-refractivity contribution in [2.75, 3.05) is 11.8 Å². The highest BCUT2D eigenvalue weighted by Crippen LogP contribution is 2.15. The summed E-state index contributed by atoms with van der Waals surface area (Å²) < 4.78 is 31.3. The molecule has 7 nitrogen and oxygen atoms in total. The van der Waals surface area contributed by atoms with Crippen molar-refractivity contribution >= 4 is 16.0 Å². The summed E-state index contributed by atoms with van der Waals surface area (Å²) in [6, 6.07) is 6.39. The average molecular weight is 282 g/mol. The van der Waals surface area contributed by atoms with E-state index in [0.29, 0.717) is 12.4 Å². The van der Waals surface area contributed by atoms with Crippen molar-refractivity contribution in [1.29, 1.82) is 0 Å². The minimum atomic E-state index is -3.70. The van der Waals surface area contributed by atoms with Crippen LogP contribution in [0.25, 0.3) is 0 Å². The zero-order valence-corrected chi connectivity index (χ0v) is 11.4. The Labute approximate surface area is 111 Å². The van der Waals surface area contributed by atoms with E-state index in [0.717, 1.165) is 5.56 Å². The maximum absolute atomic E-state index is 12.0. The van der Waals surface area contributed by atoms with E-state index in [2.05, 4.69) is 20.2 Å². The number of aromatic nitrogens is 2. The third-order valence-corrected chi connectivity index (χ3v) is 3.70. The number of nitrogens with zero attached hydrogens (tertiary/aromatic N) is 2. The lowest BCUT2D eigenvalue weighted by molar-refractivity contribution is 0.534. The first-order valence-corrected chi connectivity index (χ1v) is 7.06. The Morgan fingerprint density at radius 3 is 2.42 bits per heavy atom. The molecule has 2 aromatic rings. The largest absolute Gasteiger partial charge is 0.408 e. The van der Waals surface area contributed by atoms with Crippen LogP contribution in [-0.4, -0.2) is 25.7 Å². The van der Waals surface area contributed by atoms with Gasteiger partial charge in [0.05, 0.1) is 4.90 Å². The van der Waals surface area contributed by atoms with Crippen LogP contribution in [0.4, 0.5) is 6.01 Å². The molecule has 2 rings (SSSR count). The molecular formula is C11H14N4O3S. The Kier molecular flexibility index (Phi) is 3.82. The second kappa shape index (κ2) is 5.37. The van der Waals surface area contributed by atoms with E-state index in [9.17, 15) is 8.42 Å². The van der Waals surface area contributed by atoms with Crippen LogP contribution >= 0.6 is 0 Å². The Morgan fingerprint density at radius 2 is 1.89 bits per heavy atom. The van der Waals surface area contributed by atoms with E-state index >= 15 is 0 Å². The molecule has 0 amide bonds. The first kappa shape index (κ1) is 13.5. The average Bonchev–Trinajstić information content (AvgIpc) is 2.75. The fraction of sp³-hybridized carbons (Fsp3) is 0.273. The van der Waals surface area contributed by atoms with Crippen LogP contribution in [-0.2, 0) is 16.6 Å². The van der Waals surface area contributed by atoms with E-state index < -0.39 is 10.0 Å². The summed E-state index contributed by atoms with van der Waals surface area (Å²) in [5.74, 6) is 0.294. The number of hydrogen-bond donors (Lipinski definition) is 2. The van der Waals surface area contributed by atoms with Gasteiger partial charge in [0, 0.05) is 13.5 Å². The SMILES string of the molecule is CNCc1ccc(S(=O)(=O)Nc2nnc(C)o2)cc1. The molecule has 0 saturated heterocycles. The maximum Gasteiger partial charge on any atom is 0.329 e. The molecule has 0 spiro atoms. The topological polar surface area (TPSA) is 97.1 Å². The molecule has 0 aliphatic heterocycles. The summed E-state index contributed by atoms with van der Waals surface area (Å²) in [6.07, 6.45) is 0. The van der Waals surface area contributed by atoms with Crippen molar-refractivity contribution < 1.29 is 12.8 Å². The molecule has 19 heavy (non-hydrogen) atoms. The van der Waals surface area contributed by atoms with Gasteiger partial charge < -0.3 is 9.73 Å². The van der Waals surface area contributed by atoms with Gasteiger partial charge in [0.25, 0.3) is 10.0 Å². The summed E-state index contributed by atoms with van der Waals surface area (Å²) in [4.78, 5) is 0.142. The van der Waals surface area contributed by atoms with Gasteiger partial charge in [-0.25, -0.2) is 13.1 Å². The second-order valence-corrected chi connectivity index (χ2v) is 5.59. The molecule has 1 heterocycles. The third kappa shape index (κ3) is 3.30. The number of hydrogen-bond acceptors (Lipinski definition) is 6. The van der Waals surface area contributed by atoms with Crippen molar-refractivity contribution in [3.63, 3.8) is 0 Å². The number of sulfonamides is 1. The maximum atomic E-state index is 12.0. The second-order valence-electron chi connectivity index (χ2n) is 3.91. The summed E-state index contributed by atoms with van der Waals surface area (Å²) in [6.45, 7) is 2.26. The molecule has 0 aliphatic carbocycles. The lowest BCUT2D eigenvalue weighted by Crippen LogP contribution is -2.13. The van der Waals surface area contributed by atoms with Crippen molar-refractivity contribution in [2.24, 2.45) is 0 Å². The van der Waals surface area contributed by atoms with E-state index in [1.165, 1.54) is 12.1 Å². The van der Waals surface area contributed by atoms with Crippen LogP contribution in [0.1, 0.15) is 11.5 Å². The molecule has 1 aromatic heterocycles. The first-order valence-electron chi connectivity index (χ1n) is 5.58. The normalized spacial score (nSPS) is 11.5. The van der Waals surface area contributed by atoms with E-state index in [-0.39, 0.29) is 10.9 Å². The molecule has 0 radical (unpaired) electrons. The molecule has 2 N–H and O–H groups in total. The molecule has 0 saturated carbocycles. The fourth-order valence-corrected chi connectivity index (χ4v) is 2.43. The van der Waals surface area contributed by atoms with Crippen LogP contribution in [0.5, 0.6) is 0 Å². The summed E-state index contributed by atoms with van der Waals surface area (Å²) in [7, 11) is -1.87. The summed E-state index contributed by atoms with van der Waals surface area (Å²) >= 11 is 0. The number of benzene rings is 1. The smallest absolute Gasteiger partial charge is 0.329 e. The number of rotatable bonds is 5. The minimum Gasteiger partial charge on any atom is -0.408 e. The van der Waals surface area contributed by atoms with Crippen molar-refractivity contribution in [2.45, 2.75) is 18.4 Å². The summed E-state index contributed by atoms with van der Waals surface area (Å²) in [5.41, 5.74) is 0.995. The zero-order chi connectivity index (χ0) is 13.9. The third-order valence-electron chi connectivity index (χ3n) is 2.36. The standard InChI is InChI=1S/C11H14N4O3S/c1-8-13-14-11(18-8)15-19(16,17)10-5-3-9(4-6-10)7-12-2/h3-6,12H,7H2,1-2H3,(H,14,15). The van der Waals surface area contributed by atoms with Gasteiger partial charge in [0.2, 0.25) is 5.89 Å². The Hall–Kier alpha value is -1.93. The predicted octanol–water partition coefficient (Wildman–Crippen LogP) is 0.898. The molecule has 1 aromatic carbocycles. The van der Waals surface area contributed by atoms with E-state index in [4.69, 9.17) is 4.42 Å². The number of nitrogens with one attached hydrogen (secondary N) is 2. The van der Waals surface area contributed by atoms with Crippen LogP contribution in [0.2, 0.25) is 0 Å². The van der Waals surface area contributed by atoms with Gasteiger partial charge in [-0.15, -0.1) is 5.10 Å². The van der Waals surface area contributed by atoms with Crippen molar-refractivity contribution in [3.8, 4) is 0 Å². The van der Waals surface area contributed by atoms with Crippen LogP contribution in [0.15, 0.2) is 33.6 Å². The molecule has 0 fully saturated rings. The van der Waals surface area contributed by atoms with Crippen LogP contribution in [0.3, 0.4) is 0 Å². The minimum absolute atomic E-state index is 0.142. The summed E-state index contributed by atoms with van der Waals surface area (Å²) in [5, 5.41) is 10.1. The van der Waals surface area contributed by atoms with Gasteiger partial charge >= 0.3 is 6.01 Å². The van der Waals surface area contributed by atoms with Crippen molar-refractivity contribution in [1.82, 2.24) is 15.5 Å². The van der Waals surface area contributed by atoms with Gasteiger partial charge in [0.15, 0.2) is 0 Å². The monoisotopic (exact) mass is 282 g/mol. The Bertz CT molecular complexity index is 649. The van der Waals surface area contributed by atoms with Crippen molar-refractivity contribution in [3.05, 3.63) is 35.7 Å². The Balaban J connectivity index is 2.19. The van der Waals surface area contributed by atoms with Gasteiger partial charge in [-0.05, 0) is 24.7 Å². The highest BCUT2D eigenvalue weighted by atomic mass is 32.2. The van der Waals surface area contributed by atoms with Crippen LogP contribution < -0.4 is 10.0 Å². The molecule has 102 valence electrons. The zero-order valence-electron chi connectivity index (χ0n) is 10.5. The highest BCUT2D eigenvalue weighted by Gasteiger charge is 2.17. The van der Waals surface area contributed by atoms with E-state index in [1.807, 2.05) is 7.05 Å². The lowest BCUT2D eigenvalue weighted by atomic mass is 10.2. The molecule has 0 bridgehead atoms.